The Balaban J connectivity index is 2.35. The Bertz CT molecular complexity index is 556. The molecule has 76 valence electrons. The SMILES string of the molecule is Nc1ccc2c(c1)cc1n2CCNC1=O. The molecule has 2 aromatic rings. The highest BCUT2D eigenvalue weighted by Gasteiger charge is 2.18. The summed E-state index contributed by atoms with van der Waals surface area (Å²) in [5.41, 5.74) is 8.24. The molecule has 2 heterocycles. The van der Waals surface area contributed by atoms with Crippen molar-refractivity contribution in [3.05, 3.63) is 30.0 Å². The van der Waals surface area contributed by atoms with Gasteiger partial charge in [0.25, 0.3) is 5.91 Å². The topological polar surface area (TPSA) is 60.0 Å². The lowest BCUT2D eigenvalue weighted by Gasteiger charge is -2.16. The first-order valence-corrected chi connectivity index (χ1v) is 4.93. The number of benzene rings is 1. The fourth-order valence-corrected chi connectivity index (χ4v) is 2.09. The molecule has 15 heavy (non-hydrogen) atoms. The molecule has 0 spiro atoms. The molecular weight excluding hydrogens is 190 g/mol. The molecule has 0 unspecified atom stereocenters. The molecule has 4 nitrogen and oxygen atoms in total. The Morgan fingerprint density at radius 2 is 2.20 bits per heavy atom. The van der Waals surface area contributed by atoms with Gasteiger partial charge >= 0.3 is 0 Å². The summed E-state index contributed by atoms with van der Waals surface area (Å²) in [5, 5.41) is 3.85. The van der Waals surface area contributed by atoms with Crippen LogP contribution in [0.25, 0.3) is 10.9 Å². The van der Waals surface area contributed by atoms with Crippen LogP contribution in [-0.2, 0) is 6.54 Å². The van der Waals surface area contributed by atoms with E-state index in [0.717, 1.165) is 28.8 Å². The summed E-state index contributed by atoms with van der Waals surface area (Å²) < 4.78 is 2.04. The molecule has 4 heteroatoms. The van der Waals surface area contributed by atoms with Crippen LogP contribution in [0.15, 0.2) is 24.3 Å². The highest BCUT2D eigenvalue weighted by atomic mass is 16.2. The molecule has 0 aliphatic carbocycles. The van der Waals surface area contributed by atoms with E-state index in [-0.39, 0.29) is 5.91 Å². The van der Waals surface area contributed by atoms with Crippen molar-refractivity contribution in [1.82, 2.24) is 9.88 Å². The van der Waals surface area contributed by atoms with Crippen molar-refractivity contribution in [3.63, 3.8) is 0 Å². The van der Waals surface area contributed by atoms with Crippen molar-refractivity contribution in [2.75, 3.05) is 12.3 Å². The summed E-state index contributed by atoms with van der Waals surface area (Å²) in [5.74, 6) is -0.00368. The molecule has 3 N–H and O–H groups in total. The van der Waals surface area contributed by atoms with E-state index in [1.54, 1.807) is 0 Å². The average molecular weight is 201 g/mol. The number of aromatic nitrogens is 1. The number of carbonyl (C=O) groups excluding carboxylic acids is 1. The molecule has 1 aromatic carbocycles. The monoisotopic (exact) mass is 201 g/mol. The Morgan fingerprint density at radius 3 is 3.07 bits per heavy atom. The number of rotatable bonds is 0. The van der Waals surface area contributed by atoms with Crippen LogP contribution >= 0.6 is 0 Å². The number of anilines is 1. The Labute approximate surface area is 86.7 Å². The highest BCUT2D eigenvalue weighted by molar-refractivity contribution is 6.00. The van der Waals surface area contributed by atoms with E-state index >= 15 is 0 Å². The minimum Gasteiger partial charge on any atom is -0.399 e. The molecule has 1 aliphatic heterocycles. The van der Waals surface area contributed by atoms with Crippen LogP contribution < -0.4 is 11.1 Å². The van der Waals surface area contributed by atoms with E-state index in [1.165, 1.54) is 0 Å². The molecule has 0 bridgehead atoms. The predicted octanol–water partition coefficient (Wildman–Crippen LogP) is 0.967. The molecule has 1 aromatic heterocycles. The summed E-state index contributed by atoms with van der Waals surface area (Å²) in [7, 11) is 0. The van der Waals surface area contributed by atoms with Gasteiger partial charge in [-0.05, 0) is 24.3 Å². The van der Waals surface area contributed by atoms with Crippen molar-refractivity contribution in [2.45, 2.75) is 6.54 Å². The quantitative estimate of drug-likeness (QED) is 0.624. The second-order valence-electron chi connectivity index (χ2n) is 3.76. The molecule has 0 radical (unpaired) electrons. The Hall–Kier alpha value is -1.97. The zero-order valence-electron chi connectivity index (χ0n) is 8.16. The molecule has 1 amide bonds. The maximum absolute atomic E-state index is 11.6. The van der Waals surface area contributed by atoms with Gasteiger partial charge in [0, 0.05) is 29.7 Å². The third-order valence-corrected chi connectivity index (χ3v) is 2.78. The minimum atomic E-state index is -0.00368. The van der Waals surface area contributed by atoms with Gasteiger partial charge in [0.05, 0.1) is 0 Å². The largest absolute Gasteiger partial charge is 0.399 e. The zero-order valence-corrected chi connectivity index (χ0v) is 8.16. The van der Waals surface area contributed by atoms with Crippen LogP contribution in [0.1, 0.15) is 10.5 Å². The molecule has 0 atom stereocenters. The number of fused-ring (bicyclic) bond motifs is 3. The first kappa shape index (κ1) is 8.35. The second kappa shape index (κ2) is 2.76. The predicted molar refractivity (Wildman–Crippen MR) is 58.7 cm³/mol. The van der Waals surface area contributed by atoms with E-state index in [2.05, 4.69) is 5.32 Å². The van der Waals surface area contributed by atoms with E-state index in [9.17, 15) is 4.79 Å². The van der Waals surface area contributed by atoms with Gasteiger partial charge in [-0.15, -0.1) is 0 Å². The lowest BCUT2D eigenvalue weighted by atomic mass is 10.2. The smallest absolute Gasteiger partial charge is 0.268 e. The summed E-state index contributed by atoms with van der Waals surface area (Å²) >= 11 is 0. The zero-order chi connectivity index (χ0) is 10.4. The van der Waals surface area contributed by atoms with Crippen LogP contribution in [0, 0.1) is 0 Å². The van der Waals surface area contributed by atoms with Gasteiger partial charge in [0.15, 0.2) is 0 Å². The normalized spacial score (nSPS) is 15.1. The molecule has 1 aliphatic rings. The number of nitrogen functional groups attached to an aromatic ring is 1. The summed E-state index contributed by atoms with van der Waals surface area (Å²) in [6, 6.07) is 7.61. The first-order chi connectivity index (χ1) is 7.25. The molecule has 3 rings (SSSR count). The maximum Gasteiger partial charge on any atom is 0.268 e. The van der Waals surface area contributed by atoms with Crippen molar-refractivity contribution < 1.29 is 4.79 Å². The van der Waals surface area contributed by atoms with Crippen molar-refractivity contribution in [3.8, 4) is 0 Å². The van der Waals surface area contributed by atoms with Crippen LogP contribution in [0.4, 0.5) is 5.69 Å². The van der Waals surface area contributed by atoms with Crippen LogP contribution in [0.3, 0.4) is 0 Å². The van der Waals surface area contributed by atoms with Gasteiger partial charge in [-0.2, -0.15) is 0 Å². The number of nitrogens with one attached hydrogen (secondary N) is 1. The number of nitrogens with two attached hydrogens (primary N) is 1. The van der Waals surface area contributed by atoms with Gasteiger partial charge in [0.1, 0.15) is 5.69 Å². The van der Waals surface area contributed by atoms with Crippen LogP contribution in [0.2, 0.25) is 0 Å². The first-order valence-electron chi connectivity index (χ1n) is 4.93. The highest BCUT2D eigenvalue weighted by Crippen LogP contribution is 2.23. The third kappa shape index (κ3) is 1.11. The lowest BCUT2D eigenvalue weighted by molar-refractivity contribution is 0.0929. The van der Waals surface area contributed by atoms with Gasteiger partial charge in [-0.3, -0.25) is 4.79 Å². The van der Waals surface area contributed by atoms with E-state index < -0.39 is 0 Å². The van der Waals surface area contributed by atoms with Crippen molar-refractivity contribution in [2.24, 2.45) is 0 Å². The number of carbonyl (C=O) groups is 1. The van der Waals surface area contributed by atoms with E-state index in [0.29, 0.717) is 6.54 Å². The Kier molecular flexibility index (Phi) is 1.54. The summed E-state index contributed by atoms with van der Waals surface area (Å²) in [6.45, 7) is 1.52. The fraction of sp³-hybridized carbons (Fsp3) is 0.182. The van der Waals surface area contributed by atoms with Gasteiger partial charge in [0.2, 0.25) is 0 Å². The molecular formula is C11H11N3O. The van der Waals surface area contributed by atoms with E-state index in [4.69, 9.17) is 5.73 Å². The van der Waals surface area contributed by atoms with Crippen LogP contribution in [0.5, 0.6) is 0 Å². The van der Waals surface area contributed by atoms with Gasteiger partial charge in [-0.1, -0.05) is 0 Å². The average Bonchev–Trinajstić information content (AvgIpc) is 2.57. The molecule has 0 saturated carbocycles. The van der Waals surface area contributed by atoms with Crippen molar-refractivity contribution >= 4 is 22.5 Å². The summed E-state index contributed by atoms with van der Waals surface area (Å²) in [6.07, 6.45) is 0. The second-order valence-corrected chi connectivity index (χ2v) is 3.76. The lowest BCUT2D eigenvalue weighted by Crippen LogP contribution is -2.34. The van der Waals surface area contributed by atoms with Gasteiger partial charge in [-0.25, -0.2) is 0 Å². The van der Waals surface area contributed by atoms with E-state index in [1.807, 2.05) is 28.8 Å². The maximum atomic E-state index is 11.6. The number of hydrogen-bond donors (Lipinski definition) is 2. The van der Waals surface area contributed by atoms with Crippen LogP contribution in [-0.4, -0.2) is 17.0 Å². The number of hydrogen-bond acceptors (Lipinski definition) is 2. The number of nitrogens with zero attached hydrogens (tertiary/aromatic N) is 1. The fourth-order valence-electron chi connectivity index (χ4n) is 2.09. The molecule has 0 saturated heterocycles. The van der Waals surface area contributed by atoms with Crippen molar-refractivity contribution in [1.29, 1.82) is 0 Å². The summed E-state index contributed by atoms with van der Waals surface area (Å²) in [4.78, 5) is 11.6. The standard InChI is InChI=1S/C11H11N3O/c12-8-1-2-9-7(5-8)6-10-11(15)13-3-4-14(9)10/h1-2,5-6H,3-4,12H2,(H,13,15). The Morgan fingerprint density at radius 1 is 1.33 bits per heavy atom. The number of amides is 1. The molecule has 0 fully saturated rings. The third-order valence-electron chi connectivity index (χ3n) is 2.78. The van der Waals surface area contributed by atoms with Gasteiger partial charge < -0.3 is 15.6 Å². The minimum absolute atomic E-state index is 0.00368.